The van der Waals surface area contributed by atoms with Crippen LogP contribution in [-0.4, -0.2) is 27.9 Å². The van der Waals surface area contributed by atoms with Gasteiger partial charge in [0, 0.05) is 24.1 Å². The Balaban J connectivity index is 2.01. The molecule has 1 aliphatic heterocycles. The Morgan fingerprint density at radius 2 is 2.24 bits per heavy atom. The van der Waals surface area contributed by atoms with Crippen LogP contribution in [0.15, 0.2) is 27.5 Å². The minimum atomic E-state index is -0.345. The first-order chi connectivity index (χ1) is 12.0. The molecule has 2 N–H and O–H groups in total. The summed E-state index contributed by atoms with van der Waals surface area (Å²) >= 11 is 3.42. The van der Waals surface area contributed by atoms with Crippen LogP contribution in [0.1, 0.15) is 24.1 Å². The summed E-state index contributed by atoms with van der Waals surface area (Å²) in [5, 5.41) is 8.25. The number of nitrogens with zero attached hydrogens (tertiary/aromatic N) is 4. The number of halogens is 2. The highest BCUT2D eigenvalue weighted by Crippen LogP contribution is 2.23. The Hall–Kier alpha value is -1.80. The number of anilines is 1. The molecule has 8 heteroatoms. The highest BCUT2D eigenvalue weighted by atomic mass is 79.9. The van der Waals surface area contributed by atoms with E-state index in [4.69, 9.17) is 5.73 Å². The van der Waals surface area contributed by atoms with Gasteiger partial charge in [-0.05, 0) is 49.4 Å². The van der Waals surface area contributed by atoms with Gasteiger partial charge in [-0.25, -0.2) is 4.39 Å². The molecule has 1 aliphatic rings. The Bertz CT molecular complexity index is 825. The largest absolute Gasteiger partial charge is 0.341 e. The number of hydrogen-bond acceptors (Lipinski definition) is 5. The van der Waals surface area contributed by atoms with Crippen LogP contribution in [0.2, 0.25) is 0 Å². The van der Waals surface area contributed by atoms with Crippen molar-refractivity contribution in [1.82, 2.24) is 14.8 Å². The monoisotopic (exact) mass is 408 g/mol. The summed E-state index contributed by atoms with van der Waals surface area (Å²) in [5.74, 6) is 0.405. The Labute approximate surface area is 154 Å². The molecule has 0 spiro atoms. The van der Waals surface area contributed by atoms with Gasteiger partial charge in [-0.3, -0.25) is 9.36 Å². The fraction of sp³-hybridized carbons (Fsp3) is 0.412. The molecule has 1 saturated heterocycles. The zero-order valence-electron chi connectivity index (χ0n) is 14.0. The molecule has 1 atom stereocenters. The van der Waals surface area contributed by atoms with Crippen molar-refractivity contribution < 1.29 is 4.39 Å². The third-order valence-corrected chi connectivity index (χ3v) is 5.21. The molecule has 1 aromatic carbocycles. The van der Waals surface area contributed by atoms with Gasteiger partial charge in [0.15, 0.2) is 0 Å². The van der Waals surface area contributed by atoms with Crippen LogP contribution in [0, 0.1) is 25.2 Å². The van der Waals surface area contributed by atoms with Crippen molar-refractivity contribution in [1.29, 1.82) is 0 Å². The zero-order chi connectivity index (χ0) is 18.0. The second-order valence-electron chi connectivity index (χ2n) is 6.25. The molecule has 0 bridgehead atoms. The zero-order valence-corrected chi connectivity index (χ0v) is 15.5. The molecule has 0 aliphatic carbocycles. The Morgan fingerprint density at radius 3 is 3.00 bits per heavy atom. The predicted molar refractivity (Wildman–Crippen MR) is 97.7 cm³/mol. The van der Waals surface area contributed by atoms with Crippen molar-refractivity contribution in [3.8, 4) is 0 Å². The van der Waals surface area contributed by atoms with Gasteiger partial charge in [-0.15, -0.1) is 10.2 Å². The quantitative estimate of drug-likeness (QED) is 0.838. The van der Waals surface area contributed by atoms with Crippen molar-refractivity contribution in [3.63, 3.8) is 0 Å². The van der Waals surface area contributed by atoms with Crippen LogP contribution in [0.5, 0.6) is 0 Å². The highest BCUT2D eigenvalue weighted by Gasteiger charge is 2.24. The van der Waals surface area contributed by atoms with Crippen molar-refractivity contribution in [2.24, 2.45) is 11.7 Å². The summed E-state index contributed by atoms with van der Waals surface area (Å²) in [6.07, 6.45) is 1.98. The average Bonchev–Trinajstić information content (AvgIpc) is 2.62. The summed E-state index contributed by atoms with van der Waals surface area (Å²) in [5.41, 5.74) is 6.46. The average molecular weight is 409 g/mol. The van der Waals surface area contributed by atoms with E-state index in [1.807, 2.05) is 4.90 Å². The smallest absolute Gasteiger partial charge is 0.276 e. The summed E-state index contributed by atoms with van der Waals surface area (Å²) in [6, 6.07) is 4.43. The van der Waals surface area contributed by atoms with E-state index in [2.05, 4.69) is 26.1 Å². The lowest BCUT2D eigenvalue weighted by molar-refractivity contribution is 0.444. The molecular weight excluding hydrogens is 389 g/mol. The topological polar surface area (TPSA) is 77.0 Å². The van der Waals surface area contributed by atoms with Crippen LogP contribution >= 0.6 is 15.9 Å². The highest BCUT2D eigenvalue weighted by molar-refractivity contribution is 9.10. The molecule has 133 valence electrons. The van der Waals surface area contributed by atoms with E-state index in [1.54, 1.807) is 24.1 Å². The van der Waals surface area contributed by atoms with E-state index in [1.165, 1.54) is 12.1 Å². The minimum absolute atomic E-state index is 0.219. The van der Waals surface area contributed by atoms with E-state index < -0.39 is 0 Å². The lowest BCUT2D eigenvalue weighted by Gasteiger charge is -2.33. The number of aryl methyl sites for hydroxylation is 1. The first-order valence-corrected chi connectivity index (χ1v) is 8.97. The van der Waals surface area contributed by atoms with Crippen LogP contribution < -0.4 is 16.2 Å². The van der Waals surface area contributed by atoms with Crippen molar-refractivity contribution >= 4 is 21.9 Å². The first kappa shape index (κ1) is 18.0. The number of rotatable bonds is 4. The molecule has 0 amide bonds. The molecule has 6 nitrogen and oxygen atoms in total. The molecule has 1 radical (unpaired) electrons. The maximum absolute atomic E-state index is 13.6. The molecule has 25 heavy (non-hydrogen) atoms. The van der Waals surface area contributed by atoms with Gasteiger partial charge in [0.05, 0.1) is 6.54 Å². The molecule has 0 saturated carbocycles. The summed E-state index contributed by atoms with van der Waals surface area (Å²) < 4.78 is 15.9. The lowest BCUT2D eigenvalue weighted by atomic mass is 9.99. The molecule has 1 unspecified atom stereocenters. The van der Waals surface area contributed by atoms with E-state index in [-0.39, 0.29) is 23.8 Å². The number of benzene rings is 1. The third kappa shape index (κ3) is 3.90. The fourth-order valence-corrected chi connectivity index (χ4v) is 3.43. The predicted octanol–water partition coefficient (Wildman–Crippen LogP) is 2.23. The normalized spacial score (nSPS) is 17.8. The second-order valence-corrected chi connectivity index (χ2v) is 7.11. The van der Waals surface area contributed by atoms with Gasteiger partial charge in [-0.1, -0.05) is 15.9 Å². The van der Waals surface area contributed by atoms with E-state index in [0.717, 1.165) is 23.9 Å². The Kier molecular flexibility index (Phi) is 5.48. The van der Waals surface area contributed by atoms with E-state index in [9.17, 15) is 9.18 Å². The maximum Gasteiger partial charge on any atom is 0.276 e. The van der Waals surface area contributed by atoms with Gasteiger partial charge in [-0.2, -0.15) is 0 Å². The van der Waals surface area contributed by atoms with Crippen molar-refractivity contribution in [2.75, 3.05) is 18.0 Å². The molecular formula is C17H20BrFN5O. The van der Waals surface area contributed by atoms with Gasteiger partial charge in [0.25, 0.3) is 5.56 Å². The standard InChI is InChI=1S/C17H20BrFN5O/c1-11-16(25)24(10-13-7-14(19)4-5-15(13)18)17(22-21-11)23-6-2-3-12(8-20)9-23/h4-5,7-8,12H,2-3,6,9-10,20H2,1H3. The number of hydrogen-bond donors (Lipinski definition) is 1. The van der Waals surface area contributed by atoms with Gasteiger partial charge in [0.2, 0.25) is 5.95 Å². The maximum atomic E-state index is 13.6. The summed E-state index contributed by atoms with van der Waals surface area (Å²) in [7, 11) is 0. The van der Waals surface area contributed by atoms with Crippen LogP contribution in [0.25, 0.3) is 0 Å². The van der Waals surface area contributed by atoms with Gasteiger partial charge < -0.3 is 10.6 Å². The van der Waals surface area contributed by atoms with Gasteiger partial charge in [0.1, 0.15) is 11.5 Å². The van der Waals surface area contributed by atoms with Gasteiger partial charge >= 0.3 is 0 Å². The number of nitrogens with two attached hydrogens (primary N) is 1. The lowest BCUT2D eigenvalue weighted by Crippen LogP contribution is -2.41. The second kappa shape index (κ2) is 7.61. The molecule has 1 fully saturated rings. The molecule has 3 rings (SSSR count). The number of aromatic nitrogens is 3. The number of piperidine rings is 1. The first-order valence-electron chi connectivity index (χ1n) is 8.17. The van der Waals surface area contributed by atoms with Crippen LogP contribution in [0.4, 0.5) is 10.3 Å². The molecule has 2 heterocycles. The molecule has 1 aromatic heterocycles. The van der Waals surface area contributed by atoms with Crippen LogP contribution in [-0.2, 0) is 6.54 Å². The van der Waals surface area contributed by atoms with Crippen molar-refractivity contribution in [3.05, 3.63) is 56.6 Å². The SMILES string of the molecule is Cc1nnc(N2CCCC([CH]N)C2)n(Cc2cc(F)ccc2Br)c1=O. The summed E-state index contributed by atoms with van der Waals surface area (Å²) in [4.78, 5) is 14.7. The van der Waals surface area contributed by atoms with Crippen LogP contribution in [0.3, 0.4) is 0 Å². The third-order valence-electron chi connectivity index (χ3n) is 4.43. The summed E-state index contributed by atoms with van der Waals surface area (Å²) in [6.45, 7) is 5.02. The molecule has 2 aromatic rings. The minimum Gasteiger partial charge on any atom is -0.341 e. The fourth-order valence-electron chi connectivity index (χ4n) is 3.06. The van der Waals surface area contributed by atoms with E-state index in [0.29, 0.717) is 23.8 Å². The van der Waals surface area contributed by atoms with Crippen molar-refractivity contribution in [2.45, 2.75) is 26.3 Å². The van der Waals surface area contributed by atoms with E-state index >= 15 is 0 Å². The Morgan fingerprint density at radius 1 is 1.44 bits per heavy atom.